The highest BCUT2D eigenvalue weighted by Gasteiger charge is 2.31. The molecule has 2 rings (SSSR count). The Morgan fingerprint density at radius 1 is 0.962 bits per heavy atom. The second-order valence-electron chi connectivity index (χ2n) is 4.92. The number of ether oxygens (including phenoxy) is 1. The Balaban J connectivity index is 2.09. The van der Waals surface area contributed by atoms with Crippen LogP contribution in [0.5, 0.6) is 5.88 Å². The lowest BCUT2D eigenvalue weighted by Gasteiger charge is -2.11. The summed E-state index contributed by atoms with van der Waals surface area (Å²) < 4.78 is 104. The van der Waals surface area contributed by atoms with Crippen molar-refractivity contribution in [2.24, 2.45) is 0 Å². The van der Waals surface area contributed by atoms with Gasteiger partial charge in [0.2, 0.25) is 5.88 Å². The number of anilines is 1. The smallest absolute Gasteiger partial charge is 0.422 e. The van der Waals surface area contributed by atoms with Crippen LogP contribution in [0.4, 0.5) is 32.0 Å². The molecule has 1 N–H and O–H groups in total. The summed E-state index contributed by atoms with van der Waals surface area (Å²) in [4.78, 5) is 3.08. The maximum atomic E-state index is 12.5. The predicted molar refractivity (Wildman–Crippen MR) is 78.0 cm³/mol. The monoisotopic (exact) mass is 400 g/mol. The van der Waals surface area contributed by atoms with Crippen LogP contribution in [0.2, 0.25) is 0 Å². The second-order valence-corrected chi connectivity index (χ2v) is 6.60. The minimum Gasteiger partial charge on any atom is -0.468 e. The zero-order valence-corrected chi connectivity index (χ0v) is 13.4. The molecule has 2 aromatic rings. The van der Waals surface area contributed by atoms with Crippen LogP contribution in [0, 0.1) is 0 Å². The van der Waals surface area contributed by atoms with Gasteiger partial charge in [0.15, 0.2) is 6.61 Å². The third-order valence-electron chi connectivity index (χ3n) is 2.86. The first kappa shape index (κ1) is 19.8. The summed E-state index contributed by atoms with van der Waals surface area (Å²) >= 11 is 0. The molecule has 0 aliphatic heterocycles. The van der Waals surface area contributed by atoms with Gasteiger partial charge in [-0.3, -0.25) is 4.72 Å². The van der Waals surface area contributed by atoms with E-state index < -0.39 is 39.4 Å². The van der Waals surface area contributed by atoms with Crippen LogP contribution >= 0.6 is 0 Å². The van der Waals surface area contributed by atoms with E-state index in [4.69, 9.17) is 0 Å². The highest BCUT2D eigenvalue weighted by molar-refractivity contribution is 7.92. The molecule has 0 fully saturated rings. The first-order chi connectivity index (χ1) is 11.9. The lowest BCUT2D eigenvalue weighted by Crippen LogP contribution is -2.19. The Bertz CT molecular complexity index is 846. The zero-order valence-electron chi connectivity index (χ0n) is 12.6. The lowest BCUT2D eigenvalue weighted by atomic mass is 10.2. The normalized spacial score (nSPS) is 12.7. The van der Waals surface area contributed by atoms with Crippen LogP contribution in [0.3, 0.4) is 0 Å². The van der Waals surface area contributed by atoms with Gasteiger partial charge in [-0.05, 0) is 30.3 Å². The average molecular weight is 400 g/mol. The minimum atomic E-state index is -4.61. The number of hydrogen-bond acceptors (Lipinski definition) is 4. The quantitative estimate of drug-likeness (QED) is 0.775. The number of nitrogens with one attached hydrogen (secondary N) is 1. The minimum absolute atomic E-state index is 0.107. The van der Waals surface area contributed by atoms with Gasteiger partial charge in [-0.25, -0.2) is 13.4 Å². The maximum Gasteiger partial charge on any atom is 0.422 e. The standard InChI is InChI=1S/C14H10F6N2O3S/c15-13(16,17)8-25-12-6-3-10(7-21-12)22-26(23,24)11-4-1-9(2-5-11)14(18,19)20/h1-7,22H,8H2. The van der Waals surface area contributed by atoms with Crippen molar-refractivity contribution in [1.82, 2.24) is 4.98 Å². The SMILES string of the molecule is O=S(=O)(Nc1ccc(OCC(F)(F)F)nc1)c1ccc(C(F)(F)F)cc1. The largest absolute Gasteiger partial charge is 0.468 e. The number of halogens is 6. The fourth-order valence-electron chi connectivity index (χ4n) is 1.72. The Morgan fingerprint density at radius 3 is 2.04 bits per heavy atom. The van der Waals surface area contributed by atoms with Crippen molar-refractivity contribution in [3.05, 3.63) is 48.2 Å². The summed E-state index contributed by atoms with van der Waals surface area (Å²) in [5.74, 6) is -0.375. The Hall–Kier alpha value is -2.50. The van der Waals surface area contributed by atoms with Gasteiger partial charge in [-0.15, -0.1) is 0 Å². The maximum absolute atomic E-state index is 12.5. The van der Waals surface area contributed by atoms with E-state index in [-0.39, 0.29) is 11.6 Å². The predicted octanol–water partition coefficient (Wildman–Crippen LogP) is 3.84. The van der Waals surface area contributed by atoms with E-state index in [1.807, 2.05) is 4.72 Å². The molecular weight excluding hydrogens is 390 g/mol. The van der Waals surface area contributed by atoms with E-state index in [1.54, 1.807) is 0 Å². The molecular formula is C14H10F6N2O3S. The van der Waals surface area contributed by atoms with E-state index in [2.05, 4.69) is 9.72 Å². The highest BCUT2D eigenvalue weighted by atomic mass is 32.2. The first-order valence-electron chi connectivity index (χ1n) is 6.72. The van der Waals surface area contributed by atoms with Crippen LogP contribution in [0.1, 0.15) is 5.56 Å². The topological polar surface area (TPSA) is 68.3 Å². The van der Waals surface area contributed by atoms with Crippen LogP contribution < -0.4 is 9.46 Å². The molecule has 0 spiro atoms. The molecule has 0 saturated carbocycles. The number of rotatable bonds is 5. The number of benzene rings is 1. The molecule has 0 aliphatic rings. The summed E-state index contributed by atoms with van der Waals surface area (Å²) in [5, 5.41) is 0. The van der Waals surface area contributed by atoms with Crippen molar-refractivity contribution < 1.29 is 39.5 Å². The highest BCUT2D eigenvalue weighted by Crippen LogP contribution is 2.30. The molecule has 0 saturated heterocycles. The summed E-state index contributed by atoms with van der Waals surface area (Å²) in [6, 6.07) is 4.89. The molecule has 0 aliphatic carbocycles. The molecule has 142 valence electrons. The molecule has 0 bridgehead atoms. The summed E-state index contributed by atoms with van der Waals surface area (Å²) in [5.41, 5.74) is -1.12. The van der Waals surface area contributed by atoms with E-state index >= 15 is 0 Å². The number of aromatic nitrogens is 1. The molecule has 1 aromatic carbocycles. The van der Waals surface area contributed by atoms with Gasteiger partial charge in [0.25, 0.3) is 10.0 Å². The molecule has 1 heterocycles. The van der Waals surface area contributed by atoms with Gasteiger partial charge < -0.3 is 4.74 Å². The molecule has 0 radical (unpaired) electrons. The third-order valence-corrected chi connectivity index (χ3v) is 4.26. The van der Waals surface area contributed by atoms with Gasteiger partial charge >= 0.3 is 12.4 Å². The van der Waals surface area contributed by atoms with E-state index in [1.165, 1.54) is 0 Å². The van der Waals surface area contributed by atoms with Crippen molar-refractivity contribution >= 4 is 15.7 Å². The van der Waals surface area contributed by atoms with Crippen LogP contribution in [-0.4, -0.2) is 26.2 Å². The first-order valence-corrected chi connectivity index (χ1v) is 8.21. The zero-order chi connectivity index (χ0) is 19.6. The van der Waals surface area contributed by atoms with Gasteiger partial charge in [0.1, 0.15) is 0 Å². The number of pyridine rings is 1. The molecule has 0 amide bonds. The molecule has 26 heavy (non-hydrogen) atoms. The number of hydrogen-bond donors (Lipinski definition) is 1. The Kier molecular flexibility index (Phi) is 5.35. The summed E-state index contributed by atoms with van der Waals surface area (Å²) in [7, 11) is -4.20. The Morgan fingerprint density at radius 2 is 1.58 bits per heavy atom. The summed E-state index contributed by atoms with van der Waals surface area (Å²) in [6.07, 6.45) is -8.25. The number of alkyl halides is 6. The molecule has 1 aromatic heterocycles. The van der Waals surface area contributed by atoms with Crippen molar-refractivity contribution in [3.63, 3.8) is 0 Å². The number of sulfonamides is 1. The molecule has 12 heteroatoms. The van der Waals surface area contributed by atoms with Gasteiger partial charge in [-0.1, -0.05) is 0 Å². The Labute approximate surface area is 143 Å². The van der Waals surface area contributed by atoms with Crippen molar-refractivity contribution in [2.75, 3.05) is 11.3 Å². The average Bonchev–Trinajstić information content (AvgIpc) is 2.52. The van der Waals surface area contributed by atoms with Gasteiger partial charge in [-0.2, -0.15) is 26.3 Å². The van der Waals surface area contributed by atoms with Crippen molar-refractivity contribution in [3.8, 4) is 5.88 Å². The van der Waals surface area contributed by atoms with Gasteiger partial charge in [0.05, 0.1) is 22.3 Å². The summed E-state index contributed by atoms with van der Waals surface area (Å²) in [6.45, 7) is -1.56. The van der Waals surface area contributed by atoms with Gasteiger partial charge in [0, 0.05) is 6.07 Å². The van der Waals surface area contributed by atoms with Crippen LogP contribution in [-0.2, 0) is 16.2 Å². The molecule has 5 nitrogen and oxygen atoms in total. The van der Waals surface area contributed by atoms with E-state index in [9.17, 15) is 34.8 Å². The van der Waals surface area contributed by atoms with E-state index in [0.717, 1.165) is 30.5 Å². The fraction of sp³-hybridized carbons (Fsp3) is 0.214. The lowest BCUT2D eigenvalue weighted by molar-refractivity contribution is -0.154. The third kappa shape index (κ3) is 5.51. The van der Waals surface area contributed by atoms with Crippen molar-refractivity contribution in [1.29, 1.82) is 0 Å². The van der Waals surface area contributed by atoms with E-state index in [0.29, 0.717) is 12.1 Å². The van der Waals surface area contributed by atoms with Crippen LogP contribution in [0.15, 0.2) is 47.5 Å². The number of nitrogens with zero attached hydrogens (tertiary/aromatic N) is 1. The van der Waals surface area contributed by atoms with Crippen molar-refractivity contribution in [2.45, 2.75) is 17.2 Å². The molecule has 0 unspecified atom stereocenters. The second kappa shape index (κ2) is 7.02. The molecule has 0 atom stereocenters. The van der Waals surface area contributed by atoms with Crippen LogP contribution in [0.25, 0.3) is 0 Å². The fourth-order valence-corrected chi connectivity index (χ4v) is 2.76.